The van der Waals surface area contributed by atoms with E-state index in [-0.39, 0.29) is 24.6 Å². The van der Waals surface area contributed by atoms with Crippen LogP contribution in [0.1, 0.15) is 31.2 Å². The Balaban J connectivity index is 1.17. The van der Waals surface area contributed by atoms with Crippen LogP contribution in [0.3, 0.4) is 0 Å². The van der Waals surface area contributed by atoms with E-state index in [2.05, 4.69) is 4.98 Å². The van der Waals surface area contributed by atoms with E-state index in [1.807, 2.05) is 4.90 Å². The highest BCUT2D eigenvalue weighted by molar-refractivity contribution is 5.70. The van der Waals surface area contributed by atoms with E-state index in [1.165, 1.54) is 25.3 Å². The van der Waals surface area contributed by atoms with Crippen LogP contribution in [-0.4, -0.2) is 41.3 Å². The van der Waals surface area contributed by atoms with E-state index in [9.17, 15) is 18.0 Å². The average molecular weight is 368 g/mol. The molecule has 1 spiro atoms. The van der Waals surface area contributed by atoms with Gasteiger partial charge in [0.05, 0.1) is 12.1 Å². The van der Waals surface area contributed by atoms with Crippen LogP contribution in [0.15, 0.2) is 18.3 Å². The van der Waals surface area contributed by atoms with Gasteiger partial charge in [0, 0.05) is 18.3 Å². The molecule has 0 bridgehead atoms. The van der Waals surface area contributed by atoms with Crippen LogP contribution in [0.4, 0.5) is 18.0 Å². The Morgan fingerprint density at radius 2 is 2.23 bits per heavy atom. The molecule has 4 aliphatic rings. The normalized spacial score (nSPS) is 37.7. The summed E-state index contributed by atoms with van der Waals surface area (Å²) in [5, 5.41) is 0. The predicted molar refractivity (Wildman–Crippen MR) is 83.4 cm³/mol. The molecule has 1 amide bonds. The first kappa shape index (κ1) is 16.2. The number of hydrogen-bond acceptors (Lipinski definition) is 4. The Morgan fingerprint density at radius 1 is 1.38 bits per heavy atom. The molecule has 0 N–H and O–H groups in total. The van der Waals surface area contributed by atoms with Crippen LogP contribution in [-0.2, 0) is 10.9 Å². The zero-order chi connectivity index (χ0) is 18.1. The minimum Gasteiger partial charge on any atom is -0.474 e. The molecule has 0 aromatic carbocycles. The molecular weight excluding hydrogens is 349 g/mol. The number of nitrogens with zero attached hydrogens (tertiary/aromatic N) is 2. The van der Waals surface area contributed by atoms with E-state index < -0.39 is 17.8 Å². The Morgan fingerprint density at radius 3 is 2.77 bits per heavy atom. The number of halogens is 3. The van der Waals surface area contributed by atoms with Gasteiger partial charge in [0.15, 0.2) is 6.10 Å². The van der Waals surface area contributed by atoms with Gasteiger partial charge in [0.2, 0.25) is 5.88 Å². The molecule has 140 valence electrons. The summed E-state index contributed by atoms with van der Waals surface area (Å²) in [6.07, 6.45) is 0.496. The highest BCUT2D eigenvalue weighted by Crippen LogP contribution is 2.76. The lowest BCUT2D eigenvalue weighted by molar-refractivity contribution is -0.137. The summed E-state index contributed by atoms with van der Waals surface area (Å²) in [5.74, 6) is 1.49. The summed E-state index contributed by atoms with van der Waals surface area (Å²) in [4.78, 5) is 17.8. The van der Waals surface area contributed by atoms with E-state index in [4.69, 9.17) is 9.47 Å². The number of rotatable bonds is 4. The van der Waals surface area contributed by atoms with Crippen LogP contribution in [0.25, 0.3) is 0 Å². The van der Waals surface area contributed by atoms with Gasteiger partial charge in [0.25, 0.3) is 0 Å². The number of amides is 1. The SMILES string of the molecule is O=C1OC(COc2ccc(C(F)(F)F)cn2)CN1C1CC2CCC23CC13. The molecule has 3 saturated carbocycles. The van der Waals surface area contributed by atoms with Crippen molar-refractivity contribution in [2.45, 2.75) is 44.0 Å². The summed E-state index contributed by atoms with van der Waals surface area (Å²) in [7, 11) is 0. The largest absolute Gasteiger partial charge is 0.474 e. The zero-order valence-corrected chi connectivity index (χ0v) is 14.0. The molecule has 4 fully saturated rings. The van der Waals surface area contributed by atoms with Crippen molar-refractivity contribution in [3.05, 3.63) is 23.9 Å². The van der Waals surface area contributed by atoms with Crippen molar-refractivity contribution in [3.8, 4) is 5.88 Å². The quantitative estimate of drug-likeness (QED) is 0.816. The molecule has 5 nitrogen and oxygen atoms in total. The van der Waals surface area contributed by atoms with Crippen molar-refractivity contribution in [1.29, 1.82) is 0 Å². The number of pyridine rings is 1. The third kappa shape index (κ3) is 2.37. The lowest BCUT2D eigenvalue weighted by Gasteiger charge is -2.34. The fraction of sp³-hybridized carbons (Fsp3) is 0.667. The molecule has 0 radical (unpaired) electrons. The van der Waals surface area contributed by atoms with Gasteiger partial charge in [-0.2, -0.15) is 13.2 Å². The Labute approximate surface area is 148 Å². The molecule has 3 aliphatic carbocycles. The third-order valence-corrected chi connectivity index (χ3v) is 6.72. The van der Waals surface area contributed by atoms with Gasteiger partial charge < -0.3 is 14.4 Å². The molecule has 1 aliphatic heterocycles. The Bertz CT molecular complexity index is 738. The van der Waals surface area contributed by atoms with E-state index in [1.54, 1.807) is 0 Å². The smallest absolute Gasteiger partial charge is 0.417 e. The summed E-state index contributed by atoms with van der Waals surface area (Å²) < 4.78 is 48.4. The van der Waals surface area contributed by atoms with Crippen molar-refractivity contribution < 1.29 is 27.4 Å². The Hall–Kier alpha value is -1.99. The molecule has 5 rings (SSSR count). The topological polar surface area (TPSA) is 51.7 Å². The fourth-order valence-corrected chi connectivity index (χ4v) is 5.21. The first-order chi connectivity index (χ1) is 12.4. The maximum absolute atomic E-state index is 12.5. The maximum Gasteiger partial charge on any atom is 0.417 e. The van der Waals surface area contributed by atoms with E-state index in [0.29, 0.717) is 17.9 Å². The highest BCUT2D eigenvalue weighted by atomic mass is 19.4. The van der Waals surface area contributed by atoms with Crippen molar-refractivity contribution in [1.82, 2.24) is 9.88 Å². The van der Waals surface area contributed by atoms with Gasteiger partial charge in [0.1, 0.15) is 6.61 Å². The number of alkyl halides is 3. The summed E-state index contributed by atoms with van der Waals surface area (Å²) in [6.45, 7) is 0.565. The second-order valence-electron chi connectivity index (χ2n) is 7.93. The molecule has 5 unspecified atom stereocenters. The monoisotopic (exact) mass is 368 g/mol. The van der Waals surface area contributed by atoms with Gasteiger partial charge >= 0.3 is 12.3 Å². The minimum atomic E-state index is -4.42. The number of aromatic nitrogens is 1. The van der Waals surface area contributed by atoms with Crippen LogP contribution in [0.5, 0.6) is 5.88 Å². The lowest BCUT2D eigenvalue weighted by atomic mass is 9.71. The van der Waals surface area contributed by atoms with Crippen molar-refractivity contribution in [3.63, 3.8) is 0 Å². The first-order valence-electron chi connectivity index (χ1n) is 9.00. The molecule has 5 atom stereocenters. The highest BCUT2D eigenvalue weighted by Gasteiger charge is 2.72. The molecule has 8 heteroatoms. The van der Waals surface area contributed by atoms with Crippen LogP contribution < -0.4 is 4.74 Å². The van der Waals surface area contributed by atoms with Crippen molar-refractivity contribution >= 4 is 6.09 Å². The minimum absolute atomic E-state index is 0.0898. The van der Waals surface area contributed by atoms with E-state index >= 15 is 0 Å². The van der Waals surface area contributed by atoms with Gasteiger partial charge in [-0.05, 0) is 49.0 Å². The van der Waals surface area contributed by atoms with Gasteiger partial charge in [-0.1, -0.05) is 0 Å². The number of cyclic esters (lactones) is 1. The molecule has 26 heavy (non-hydrogen) atoms. The molecule has 1 aromatic heterocycles. The fourth-order valence-electron chi connectivity index (χ4n) is 5.21. The summed E-state index contributed by atoms with van der Waals surface area (Å²) in [6, 6.07) is 2.39. The predicted octanol–water partition coefficient (Wildman–Crippen LogP) is 3.49. The van der Waals surface area contributed by atoms with Gasteiger partial charge in [-0.15, -0.1) is 0 Å². The standard InChI is InChI=1S/C18H19F3N2O3/c19-18(20,21)11-1-2-15(22-7-11)25-9-12-8-23(16(24)26-12)14-5-10-3-4-17(10)6-13(14)17/h1-2,7,10,12-14H,3-6,8-9H2. The average Bonchev–Trinajstić information content (AvgIpc) is 3.19. The molecule has 1 aromatic rings. The van der Waals surface area contributed by atoms with Crippen LogP contribution in [0.2, 0.25) is 0 Å². The number of ether oxygens (including phenoxy) is 2. The van der Waals surface area contributed by atoms with E-state index in [0.717, 1.165) is 24.6 Å². The lowest BCUT2D eigenvalue weighted by Crippen LogP contribution is -2.37. The van der Waals surface area contributed by atoms with Crippen LogP contribution >= 0.6 is 0 Å². The number of carbonyl (C=O) groups excluding carboxylic acids is 1. The number of hydrogen-bond donors (Lipinski definition) is 0. The Kier molecular flexibility index (Phi) is 3.28. The van der Waals surface area contributed by atoms with Crippen molar-refractivity contribution in [2.24, 2.45) is 17.3 Å². The zero-order valence-electron chi connectivity index (χ0n) is 14.0. The van der Waals surface area contributed by atoms with Gasteiger partial charge in [-0.25, -0.2) is 9.78 Å². The van der Waals surface area contributed by atoms with Gasteiger partial charge in [-0.3, -0.25) is 0 Å². The molecule has 2 heterocycles. The maximum atomic E-state index is 12.5. The first-order valence-corrected chi connectivity index (χ1v) is 9.00. The summed E-state index contributed by atoms with van der Waals surface area (Å²) >= 11 is 0. The second kappa shape index (κ2) is 5.27. The number of carbonyl (C=O) groups is 1. The summed E-state index contributed by atoms with van der Waals surface area (Å²) in [5.41, 5.74) is -0.290. The molecular formula is C18H19F3N2O3. The third-order valence-electron chi connectivity index (χ3n) is 6.72. The van der Waals surface area contributed by atoms with Crippen LogP contribution in [0, 0.1) is 17.3 Å². The second-order valence-corrected chi connectivity index (χ2v) is 7.93. The van der Waals surface area contributed by atoms with Crippen molar-refractivity contribution in [2.75, 3.05) is 13.2 Å². The molecule has 1 saturated heterocycles.